The number of hydrogen-bond donors (Lipinski definition) is 1. The Bertz CT molecular complexity index is 989. The Hall–Kier alpha value is -3.69. The number of aromatic nitrogens is 1. The van der Waals surface area contributed by atoms with E-state index in [0.717, 1.165) is 6.07 Å². The second-order valence-electron chi connectivity index (χ2n) is 6.02. The molecule has 0 fully saturated rings. The number of alkyl halides is 3. The fourth-order valence-corrected chi connectivity index (χ4v) is 2.73. The summed E-state index contributed by atoms with van der Waals surface area (Å²) in [6.07, 6.45) is -2.10. The Kier molecular flexibility index (Phi) is 6.14. The van der Waals surface area contributed by atoms with Gasteiger partial charge in [0, 0.05) is 17.4 Å². The lowest BCUT2D eigenvalue weighted by Crippen LogP contribution is -2.19. The molecule has 30 heavy (non-hydrogen) atoms. The van der Waals surface area contributed by atoms with Gasteiger partial charge in [0.1, 0.15) is 5.76 Å². The number of benzene rings is 2. The van der Waals surface area contributed by atoms with E-state index in [4.69, 9.17) is 14.3 Å². The third-order valence-electron chi connectivity index (χ3n) is 3.99. The van der Waals surface area contributed by atoms with Gasteiger partial charge in [0.25, 0.3) is 0 Å². The topological polar surface area (TPSA) is 85.0 Å². The van der Waals surface area contributed by atoms with E-state index in [1.54, 1.807) is 24.0 Å². The fraction of sp³-hybridized carbons (Fsp3) is 0.200. The first-order valence-corrected chi connectivity index (χ1v) is 8.77. The largest absolute Gasteiger partial charge is 0.573 e. The number of anilines is 2. The Balaban J connectivity index is 2.01. The van der Waals surface area contributed by atoms with Crippen molar-refractivity contribution >= 4 is 17.3 Å². The normalized spacial score (nSPS) is 11.2. The molecule has 0 radical (unpaired) electrons. The molecule has 158 valence electrons. The maximum Gasteiger partial charge on any atom is 0.573 e. The van der Waals surface area contributed by atoms with E-state index >= 15 is 0 Å². The Morgan fingerprint density at radius 1 is 1.13 bits per heavy atom. The molecule has 0 aliphatic rings. The summed E-state index contributed by atoms with van der Waals surface area (Å²) >= 11 is 0. The number of oxazole rings is 1. The van der Waals surface area contributed by atoms with E-state index in [9.17, 15) is 18.0 Å². The smallest absolute Gasteiger partial charge is 0.490 e. The average molecular weight is 422 g/mol. The van der Waals surface area contributed by atoms with E-state index in [1.165, 1.54) is 36.9 Å². The molecule has 0 unspecified atom stereocenters. The maximum absolute atomic E-state index is 12.7. The van der Waals surface area contributed by atoms with Crippen LogP contribution in [0.25, 0.3) is 0 Å². The Morgan fingerprint density at radius 2 is 1.83 bits per heavy atom. The summed E-state index contributed by atoms with van der Waals surface area (Å²) in [7, 11) is 0. The first-order chi connectivity index (χ1) is 14.3. The van der Waals surface area contributed by atoms with Gasteiger partial charge >= 0.3 is 12.3 Å². The zero-order valence-corrected chi connectivity index (χ0v) is 15.7. The molecule has 0 saturated heterocycles. The molecule has 0 atom stereocenters. The molecule has 0 spiro atoms. The minimum Gasteiger partial charge on any atom is -0.490 e. The van der Waals surface area contributed by atoms with Crippen LogP contribution in [0, 0.1) is 0 Å². The summed E-state index contributed by atoms with van der Waals surface area (Å²) in [5.41, 5.74) is 1.16. The van der Waals surface area contributed by atoms with Gasteiger partial charge in [-0.15, -0.1) is 13.2 Å². The van der Waals surface area contributed by atoms with Crippen molar-refractivity contribution in [2.45, 2.75) is 19.8 Å². The fourth-order valence-electron chi connectivity index (χ4n) is 2.73. The average Bonchev–Trinajstić information content (AvgIpc) is 3.20. The molecular formula is C20H17F3N2O5. The van der Waals surface area contributed by atoms with Crippen LogP contribution in [0.3, 0.4) is 0 Å². The molecule has 0 aliphatic heterocycles. The van der Waals surface area contributed by atoms with E-state index in [0.29, 0.717) is 17.1 Å². The minimum atomic E-state index is -4.86. The van der Waals surface area contributed by atoms with Crippen LogP contribution in [0.5, 0.6) is 11.5 Å². The number of halogens is 3. The summed E-state index contributed by atoms with van der Waals surface area (Å²) in [6.45, 7) is 1.96. The predicted octanol–water partition coefficient (Wildman–Crippen LogP) is 5.01. The third kappa shape index (κ3) is 5.22. The lowest BCUT2D eigenvalue weighted by atomic mass is 10.1. The van der Waals surface area contributed by atoms with Crippen LogP contribution in [0.15, 0.2) is 59.5 Å². The van der Waals surface area contributed by atoms with Crippen molar-refractivity contribution in [2.24, 2.45) is 0 Å². The lowest BCUT2D eigenvalue weighted by Gasteiger charge is -2.25. The monoisotopic (exact) mass is 422 g/mol. The maximum atomic E-state index is 12.7. The standard InChI is InChI=1S/C20H17F3N2O5/c1-2-28-18-9-15(7-8-17(18)30-20(21,22)23)25(11-16-10-24-12-29-16)14-5-3-13(4-6-14)19(26)27/h3-10,12H,2,11H2,1H3,(H,26,27). The highest BCUT2D eigenvalue weighted by molar-refractivity contribution is 5.88. The molecule has 7 nitrogen and oxygen atoms in total. The van der Waals surface area contributed by atoms with E-state index < -0.39 is 18.1 Å². The zero-order chi connectivity index (χ0) is 21.7. The zero-order valence-electron chi connectivity index (χ0n) is 15.7. The molecule has 0 amide bonds. The van der Waals surface area contributed by atoms with Crippen LogP contribution in [-0.4, -0.2) is 29.0 Å². The SMILES string of the molecule is CCOc1cc(N(Cc2cnco2)c2ccc(C(=O)O)cc2)ccc1OC(F)(F)F. The highest BCUT2D eigenvalue weighted by Gasteiger charge is 2.32. The Labute approximate surface area is 169 Å². The van der Waals surface area contributed by atoms with Gasteiger partial charge in [-0.1, -0.05) is 0 Å². The molecule has 1 aromatic heterocycles. The third-order valence-corrected chi connectivity index (χ3v) is 3.99. The summed E-state index contributed by atoms with van der Waals surface area (Å²) in [4.78, 5) is 16.7. The first kappa shape index (κ1) is 21.0. The van der Waals surface area contributed by atoms with Gasteiger partial charge in [0.2, 0.25) is 0 Å². The number of carbonyl (C=O) groups is 1. The quantitative estimate of drug-likeness (QED) is 0.546. The predicted molar refractivity (Wildman–Crippen MR) is 100 cm³/mol. The number of carboxylic acids is 1. The number of nitrogens with zero attached hydrogens (tertiary/aromatic N) is 2. The second kappa shape index (κ2) is 8.76. The number of hydrogen-bond acceptors (Lipinski definition) is 6. The number of ether oxygens (including phenoxy) is 2. The molecule has 0 aliphatic carbocycles. The molecular weight excluding hydrogens is 405 g/mol. The molecule has 2 aromatic carbocycles. The first-order valence-electron chi connectivity index (χ1n) is 8.77. The van der Waals surface area contributed by atoms with Crippen molar-refractivity contribution in [1.82, 2.24) is 4.98 Å². The lowest BCUT2D eigenvalue weighted by molar-refractivity contribution is -0.275. The van der Waals surface area contributed by atoms with Crippen molar-refractivity contribution in [1.29, 1.82) is 0 Å². The minimum absolute atomic E-state index is 0.0861. The van der Waals surface area contributed by atoms with Crippen molar-refractivity contribution < 1.29 is 37.0 Å². The Morgan fingerprint density at radius 3 is 2.40 bits per heavy atom. The summed E-state index contributed by atoms with van der Waals surface area (Å²) in [6, 6.07) is 10.0. The van der Waals surface area contributed by atoms with Crippen LogP contribution >= 0.6 is 0 Å². The van der Waals surface area contributed by atoms with Crippen molar-refractivity contribution in [3.05, 3.63) is 66.4 Å². The van der Waals surface area contributed by atoms with Gasteiger partial charge in [-0.2, -0.15) is 0 Å². The van der Waals surface area contributed by atoms with Crippen LogP contribution in [0.4, 0.5) is 24.5 Å². The van der Waals surface area contributed by atoms with Gasteiger partial charge in [-0.25, -0.2) is 9.78 Å². The van der Waals surface area contributed by atoms with Gasteiger partial charge in [-0.3, -0.25) is 0 Å². The molecule has 0 bridgehead atoms. The molecule has 0 saturated carbocycles. The van der Waals surface area contributed by atoms with E-state index in [2.05, 4.69) is 9.72 Å². The van der Waals surface area contributed by atoms with Gasteiger partial charge < -0.3 is 23.9 Å². The molecule has 1 heterocycles. The summed E-state index contributed by atoms with van der Waals surface area (Å²) < 4.78 is 52.7. The van der Waals surface area contributed by atoms with Crippen LogP contribution in [0.1, 0.15) is 23.0 Å². The van der Waals surface area contributed by atoms with Gasteiger partial charge in [0.05, 0.1) is 24.9 Å². The van der Waals surface area contributed by atoms with Crippen molar-refractivity contribution in [3.8, 4) is 11.5 Å². The molecule has 10 heteroatoms. The second-order valence-corrected chi connectivity index (χ2v) is 6.02. The molecule has 3 rings (SSSR count). The van der Waals surface area contributed by atoms with E-state index in [-0.39, 0.29) is 24.5 Å². The number of carboxylic acid groups (broad SMARTS) is 1. The highest BCUT2D eigenvalue weighted by atomic mass is 19.4. The van der Waals surface area contributed by atoms with Crippen molar-refractivity contribution in [3.63, 3.8) is 0 Å². The highest BCUT2D eigenvalue weighted by Crippen LogP contribution is 2.38. The number of rotatable bonds is 8. The van der Waals surface area contributed by atoms with Crippen molar-refractivity contribution in [2.75, 3.05) is 11.5 Å². The molecule has 3 aromatic rings. The van der Waals surface area contributed by atoms with Gasteiger partial charge in [0.15, 0.2) is 17.9 Å². The van der Waals surface area contributed by atoms with Crippen LogP contribution in [-0.2, 0) is 6.54 Å². The van der Waals surface area contributed by atoms with Crippen LogP contribution in [0.2, 0.25) is 0 Å². The summed E-state index contributed by atoms with van der Waals surface area (Å²) in [5, 5.41) is 9.10. The van der Waals surface area contributed by atoms with Gasteiger partial charge in [-0.05, 0) is 43.3 Å². The molecule has 1 N–H and O–H groups in total. The van der Waals surface area contributed by atoms with E-state index in [1.807, 2.05) is 0 Å². The number of aromatic carboxylic acids is 1. The summed E-state index contributed by atoms with van der Waals surface area (Å²) in [5.74, 6) is -1.13. The van der Waals surface area contributed by atoms with Crippen LogP contribution < -0.4 is 14.4 Å².